The highest BCUT2D eigenvalue weighted by molar-refractivity contribution is 5.81. The van der Waals surface area contributed by atoms with Crippen molar-refractivity contribution in [3.8, 4) is 0 Å². The van der Waals surface area contributed by atoms with Gasteiger partial charge in [-0.3, -0.25) is 9.59 Å². The monoisotopic (exact) mass is 228 g/mol. The summed E-state index contributed by atoms with van der Waals surface area (Å²) >= 11 is 0. The third-order valence-electron chi connectivity index (χ3n) is 3.40. The molecule has 0 radical (unpaired) electrons. The molecule has 1 N–H and O–H groups in total. The first-order valence-electron chi connectivity index (χ1n) is 5.50. The molecular formula is C12H20O4. The SMILES string of the molecule is CC(=O)[C@H]1[C@@H](CC(=O)O)C(C)(C)OC1(C)C. The molecule has 16 heavy (non-hydrogen) atoms. The van der Waals surface area contributed by atoms with Gasteiger partial charge in [0.1, 0.15) is 5.78 Å². The van der Waals surface area contributed by atoms with E-state index in [2.05, 4.69) is 0 Å². The van der Waals surface area contributed by atoms with Crippen molar-refractivity contribution in [1.82, 2.24) is 0 Å². The predicted octanol–water partition coefficient (Wildman–Crippen LogP) is 1.87. The number of carbonyl (C=O) groups is 2. The lowest BCUT2D eigenvalue weighted by atomic mass is 9.73. The van der Waals surface area contributed by atoms with E-state index in [4.69, 9.17) is 9.84 Å². The van der Waals surface area contributed by atoms with Crippen LogP contribution in [0.1, 0.15) is 41.0 Å². The van der Waals surface area contributed by atoms with Crippen molar-refractivity contribution < 1.29 is 19.4 Å². The van der Waals surface area contributed by atoms with E-state index >= 15 is 0 Å². The number of Topliss-reactive ketones (excluding diaryl/α,β-unsaturated/α-hetero) is 1. The number of rotatable bonds is 3. The molecule has 1 heterocycles. The van der Waals surface area contributed by atoms with Crippen molar-refractivity contribution in [2.75, 3.05) is 0 Å². The molecule has 0 bridgehead atoms. The lowest BCUT2D eigenvalue weighted by Crippen LogP contribution is -2.36. The largest absolute Gasteiger partial charge is 0.481 e. The first-order chi connectivity index (χ1) is 7.08. The number of ketones is 1. The van der Waals surface area contributed by atoms with Gasteiger partial charge in [-0.25, -0.2) is 0 Å². The van der Waals surface area contributed by atoms with Crippen LogP contribution in [0.25, 0.3) is 0 Å². The molecule has 0 aromatic rings. The van der Waals surface area contributed by atoms with Crippen molar-refractivity contribution >= 4 is 11.8 Å². The van der Waals surface area contributed by atoms with Crippen LogP contribution < -0.4 is 0 Å². The number of carboxylic acids is 1. The fourth-order valence-electron chi connectivity index (χ4n) is 3.03. The molecule has 0 spiro atoms. The number of hydrogen-bond acceptors (Lipinski definition) is 3. The Kier molecular flexibility index (Phi) is 3.16. The molecule has 1 aliphatic rings. The summed E-state index contributed by atoms with van der Waals surface area (Å²) in [5, 5.41) is 8.91. The second-order valence-corrected chi connectivity index (χ2v) is 5.60. The van der Waals surface area contributed by atoms with Gasteiger partial charge in [-0.05, 0) is 34.6 Å². The van der Waals surface area contributed by atoms with Crippen LogP contribution in [0.3, 0.4) is 0 Å². The van der Waals surface area contributed by atoms with Crippen LogP contribution in [0.15, 0.2) is 0 Å². The number of aliphatic carboxylic acids is 1. The van der Waals surface area contributed by atoms with Gasteiger partial charge in [-0.15, -0.1) is 0 Å². The van der Waals surface area contributed by atoms with Crippen LogP contribution in [0.2, 0.25) is 0 Å². The minimum atomic E-state index is -0.884. The van der Waals surface area contributed by atoms with Crippen LogP contribution in [0, 0.1) is 11.8 Å². The Hall–Kier alpha value is -0.900. The first-order valence-corrected chi connectivity index (χ1v) is 5.50. The molecule has 92 valence electrons. The first kappa shape index (κ1) is 13.2. The van der Waals surface area contributed by atoms with Gasteiger partial charge in [0.05, 0.1) is 23.5 Å². The second-order valence-electron chi connectivity index (χ2n) is 5.60. The standard InChI is InChI=1S/C12H20O4/c1-7(13)10-8(6-9(14)15)11(2,3)16-12(10,4)5/h8,10H,6H2,1-5H3,(H,14,15)/t8-,10+/m1/s1. The molecular weight excluding hydrogens is 208 g/mol. The number of carbonyl (C=O) groups excluding carboxylic acids is 1. The van der Waals surface area contributed by atoms with Crippen molar-refractivity contribution in [1.29, 1.82) is 0 Å². The Morgan fingerprint density at radius 3 is 2.06 bits per heavy atom. The zero-order chi connectivity index (χ0) is 12.7. The summed E-state index contributed by atoms with van der Waals surface area (Å²) in [6, 6.07) is 0. The van der Waals surface area contributed by atoms with Crippen molar-refractivity contribution in [2.45, 2.75) is 52.2 Å². The molecule has 1 saturated heterocycles. The van der Waals surface area contributed by atoms with Gasteiger partial charge >= 0.3 is 5.97 Å². The summed E-state index contributed by atoms with van der Waals surface area (Å²) in [4.78, 5) is 22.5. The Bertz CT molecular complexity index is 317. The van der Waals surface area contributed by atoms with Gasteiger partial charge < -0.3 is 9.84 Å². The Balaban J connectivity index is 3.08. The maximum atomic E-state index is 11.7. The number of carboxylic acid groups (broad SMARTS) is 1. The van der Waals surface area contributed by atoms with E-state index in [1.807, 2.05) is 27.7 Å². The molecule has 0 aliphatic carbocycles. The summed E-state index contributed by atoms with van der Waals surface area (Å²) < 4.78 is 5.84. The summed E-state index contributed by atoms with van der Waals surface area (Å²) in [6.07, 6.45) is -0.0271. The molecule has 4 nitrogen and oxygen atoms in total. The van der Waals surface area contributed by atoms with Crippen LogP contribution >= 0.6 is 0 Å². The van der Waals surface area contributed by atoms with Gasteiger partial charge in [-0.2, -0.15) is 0 Å². The van der Waals surface area contributed by atoms with Crippen LogP contribution in [-0.4, -0.2) is 28.1 Å². The van der Waals surface area contributed by atoms with Crippen LogP contribution in [0.5, 0.6) is 0 Å². The predicted molar refractivity (Wildman–Crippen MR) is 59.2 cm³/mol. The van der Waals surface area contributed by atoms with Crippen LogP contribution in [0.4, 0.5) is 0 Å². The second kappa shape index (κ2) is 3.84. The van der Waals surface area contributed by atoms with E-state index in [9.17, 15) is 9.59 Å². The van der Waals surface area contributed by atoms with Gasteiger partial charge in [-0.1, -0.05) is 0 Å². The Morgan fingerprint density at radius 1 is 1.19 bits per heavy atom. The lowest BCUT2D eigenvalue weighted by Gasteiger charge is -2.26. The highest BCUT2D eigenvalue weighted by atomic mass is 16.5. The van der Waals surface area contributed by atoms with E-state index in [1.165, 1.54) is 6.92 Å². The van der Waals surface area contributed by atoms with Crippen molar-refractivity contribution in [3.05, 3.63) is 0 Å². The number of ether oxygens (including phenoxy) is 1. The minimum absolute atomic E-state index is 0.00169. The molecule has 0 amide bonds. The van der Waals surface area contributed by atoms with Crippen LogP contribution in [-0.2, 0) is 14.3 Å². The third kappa shape index (κ3) is 2.26. The maximum Gasteiger partial charge on any atom is 0.303 e. The average Bonchev–Trinajstić information content (AvgIpc) is 2.14. The Labute approximate surface area is 96.0 Å². The third-order valence-corrected chi connectivity index (χ3v) is 3.40. The quantitative estimate of drug-likeness (QED) is 0.801. The van der Waals surface area contributed by atoms with Gasteiger partial charge in [0.2, 0.25) is 0 Å². The molecule has 1 fully saturated rings. The Morgan fingerprint density at radius 2 is 1.69 bits per heavy atom. The maximum absolute atomic E-state index is 11.7. The van der Waals surface area contributed by atoms with E-state index in [0.29, 0.717) is 0 Å². The molecule has 4 heteroatoms. The van der Waals surface area contributed by atoms with E-state index in [1.54, 1.807) is 0 Å². The minimum Gasteiger partial charge on any atom is -0.481 e. The molecule has 0 aromatic heterocycles. The molecule has 2 atom stereocenters. The van der Waals surface area contributed by atoms with Gasteiger partial charge in [0.15, 0.2) is 0 Å². The summed E-state index contributed by atoms with van der Waals surface area (Å²) in [5.41, 5.74) is -1.16. The summed E-state index contributed by atoms with van der Waals surface area (Å²) in [5.74, 6) is -1.50. The molecule has 0 unspecified atom stereocenters. The highest BCUT2D eigenvalue weighted by Crippen LogP contribution is 2.48. The van der Waals surface area contributed by atoms with Gasteiger partial charge in [0, 0.05) is 5.92 Å². The fraction of sp³-hybridized carbons (Fsp3) is 0.833. The van der Waals surface area contributed by atoms with Gasteiger partial charge in [0.25, 0.3) is 0 Å². The zero-order valence-electron chi connectivity index (χ0n) is 10.5. The van der Waals surface area contributed by atoms with E-state index in [-0.39, 0.29) is 24.0 Å². The molecule has 1 aliphatic heterocycles. The lowest BCUT2D eigenvalue weighted by molar-refractivity contribution is -0.140. The number of hydrogen-bond donors (Lipinski definition) is 1. The topological polar surface area (TPSA) is 63.6 Å². The highest BCUT2D eigenvalue weighted by Gasteiger charge is 2.56. The molecule has 0 saturated carbocycles. The van der Waals surface area contributed by atoms with E-state index < -0.39 is 17.2 Å². The fourth-order valence-corrected chi connectivity index (χ4v) is 3.03. The summed E-state index contributed by atoms with van der Waals surface area (Å²) in [7, 11) is 0. The molecule has 1 rings (SSSR count). The zero-order valence-corrected chi connectivity index (χ0v) is 10.5. The van der Waals surface area contributed by atoms with Crippen molar-refractivity contribution in [3.63, 3.8) is 0 Å². The summed E-state index contributed by atoms with van der Waals surface area (Å²) in [6.45, 7) is 8.91. The van der Waals surface area contributed by atoms with Crippen molar-refractivity contribution in [2.24, 2.45) is 11.8 Å². The molecule has 0 aromatic carbocycles. The van der Waals surface area contributed by atoms with E-state index in [0.717, 1.165) is 0 Å². The normalized spacial score (nSPS) is 31.3. The smallest absolute Gasteiger partial charge is 0.303 e. The average molecular weight is 228 g/mol.